The average Bonchev–Trinajstić information content (AvgIpc) is 3.25. The van der Waals surface area contributed by atoms with Crippen molar-refractivity contribution in [2.75, 3.05) is 11.4 Å². The topological polar surface area (TPSA) is 63.9 Å². The van der Waals surface area contributed by atoms with Gasteiger partial charge in [0.25, 0.3) is 5.91 Å². The first-order chi connectivity index (χ1) is 10.3. The molecule has 2 aromatic heterocycles. The van der Waals surface area contributed by atoms with Crippen LogP contribution in [0.3, 0.4) is 0 Å². The Bertz CT molecular complexity index is 795. The Labute approximate surface area is 124 Å². The molecule has 1 amide bonds. The van der Waals surface area contributed by atoms with Crippen molar-refractivity contribution in [3.05, 3.63) is 52.5 Å². The first-order valence-corrected chi connectivity index (χ1v) is 7.43. The molecule has 0 fully saturated rings. The number of hydrogen-bond donors (Lipinski definition) is 0. The summed E-state index contributed by atoms with van der Waals surface area (Å²) >= 11 is 1.41. The van der Waals surface area contributed by atoms with Gasteiger partial charge in [-0.3, -0.25) is 4.79 Å². The summed E-state index contributed by atoms with van der Waals surface area (Å²) in [6.07, 6.45) is 2.39. The third kappa shape index (κ3) is 1.93. The van der Waals surface area contributed by atoms with E-state index in [9.17, 15) is 4.79 Å². The van der Waals surface area contributed by atoms with Gasteiger partial charge >= 0.3 is 0 Å². The summed E-state index contributed by atoms with van der Waals surface area (Å²) in [5, 5.41) is 13.0. The first-order valence-electron chi connectivity index (χ1n) is 6.55. The fraction of sp³-hybridized carbons (Fsp3) is 0.143. The van der Waals surface area contributed by atoms with E-state index in [1.807, 2.05) is 34.5 Å². The van der Waals surface area contributed by atoms with Crippen LogP contribution in [0.15, 0.2) is 42.0 Å². The smallest absolute Gasteiger partial charge is 0.270 e. The molecule has 0 unspecified atom stereocenters. The van der Waals surface area contributed by atoms with Crippen LogP contribution in [-0.4, -0.2) is 32.7 Å². The van der Waals surface area contributed by atoms with E-state index in [-0.39, 0.29) is 5.91 Å². The van der Waals surface area contributed by atoms with E-state index in [1.165, 1.54) is 27.9 Å². The van der Waals surface area contributed by atoms with Gasteiger partial charge in [-0.2, -0.15) is 4.68 Å². The molecule has 104 valence electrons. The molecule has 7 heteroatoms. The Morgan fingerprint density at radius 3 is 2.95 bits per heavy atom. The predicted molar refractivity (Wildman–Crippen MR) is 78.9 cm³/mol. The maximum atomic E-state index is 12.8. The van der Waals surface area contributed by atoms with Gasteiger partial charge in [-0.25, -0.2) is 0 Å². The molecule has 21 heavy (non-hydrogen) atoms. The largest absolute Gasteiger partial charge is 0.307 e. The molecular formula is C14H11N5OS. The molecule has 4 rings (SSSR count). The van der Waals surface area contributed by atoms with Crippen LogP contribution in [0.1, 0.15) is 15.2 Å². The van der Waals surface area contributed by atoms with Crippen molar-refractivity contribution in [2.45, 2.75) is 6.42 Å². The minimum atomic E-state index is 0.000417. The lowest BCUT2D eigenvalue weighted by Crippen LogP contribution is -2.29. The van der Waals surface area contributed by atoms with Gasteiger partial charge in [0.1, 0.15) is 11.2 Å². The molecule has 0 spiro atoms. The van der Waals surface area contributed by atoms with E-state index in [4.69, 9.17) is 0 Å². The molecule has 3 aromatic rings. The minimum absolute atomic E-state index is 0.000417. The number of amides is 1. The van der Waals surface area contributed by atoms with E-state index >= 15 is 0 Å². The van der Waals surface area contributed by atoms with Crippen molar-refractivity contribution in [2.24, 2.45) is 0 Å². The molecule has 0 bridgehead atoms. The third-order valence-electron chi connectivity index (χ3n) is 3.57. The number of aromatic nitrogens is 4. The molecule has 3 heterocycles. The lowest BCUT2D eigenvalue weighted by atomic mass is 10.2. The standard InChI is InChI=1S/C14H11N5OS/c20-14(18-7-5-10-3-1-2-4-11(10)18)13-12(6-8-21-13)19-9-15-16-17-19/h1-4,6,8-9H,5,7H2. The van der Waals surface area contributed by atoms with E-state index < -0.39 is 0 Å². The number of rotatable bonds is 2. The zero-order valence-corrected chi connectivity index (χ0v) is 11.8. The number of thiophene rings is 1. The molecule has 1 aliphatic rings. The quantitative estimate of drug-likeness (QED) is 0.725. The maximum Gasteiger partial charge on any atom is 0.270 e. The Kier molecular flexibility index (Phi) is 2.78. The number of nitrogens with zero attached hydrogens (tertiary/aromatic N) is 5. The summed E-state index contributed by atoms with van der Waals surface area (Å²) in [7, 11) is 0. The highest BCUT2D eigenvalue weighted by Crippen LogP contribution is 2.31. The second-order valence-corrected chi connectivity index (χ2v) is 5.64. The van der Waals surface area contributed by atoms with Crippen LogP contribution in [0, 0.1) is 0 Å². The summed E-state index contributed by atoms with van der Waals surface area (Å²) in [5.41, 5.74) is 2.93. The Hall–Kier alpha value is -2.54. The Balaban J connectivity index is 1.73. The molecule has 0 N–H and O–H groups in total. The van der Waals surface area contributed by atoms with Crippen molar-refractivity contribution in [1.82, 2.24) is 20.2 Å². The number of fused-ring (bicyclic) bond motifs is 1. The van der Waals surface area contributed by atoms with Gasteiger partial charge in [-0.05, 0) is 39.9 Å². The zero-order valence-electron chi connectivity index (χ0n) is 11.0. The second kappa shape index (κ2) is 4.78. The minimum Gasteiger partial charge on any atom is -0.307 e. The van der Waals surface area contributed by atoms with Gasteiger partial charge in [0.05, 0.1) is 5.69 Å². The highest BCUT2D eigenvalue weighted by molar-refractivity contribution is 7.12. The van der Waals surface area contributed by atoms with E-state index in [1.54, 1.807) is 0 Å². The molecule has 0 saturated heterocycles. The van der Waals surface area contributed by atoms with Gasteiger partial charge in [0.15, 0.2) is 0 Å². The van der Waals surface area contributed by atoms with Crippen LogP contribution in [0.4, 0.5) is 5.69 Å². The zero-order chi connectivity index (χ0) is 14.2. The van der Waals surface area contributed by atoms with Gasteiger partial charge in [-0.1, -0.05) is 18.2 Å². The molecule has 0 atom stereocenters. The van der Waals surface area contributed by atoms with Gasteiger partial charge < -0.3 is 4.90 Å². The highest BCUT2D eigenvalue weighted by atomic mass is 32.1. The van der Waals surface area contributed by atoms with Crippen LogP contribution in [0.2, 0.25) is 0 Å². The highest BCUT2D eigenvalue weighted by Gasteiger charge is 2.28. The van der Waals surface area contributed by atoms with Crippen LogP contribution in [0.25, 0.3) is 5.69 Å². The van der Waals surface area contributed by atoms with Gasteiger partial charge in [-0.15, -0.1) is 16.4 Å². The molecule has 6 nitrogen and oxygen atoms in total. The Morgan fingerprint density at radius 1 is 1.19 bits per heavy atom. The number of para-hydroxylation sites is 1. The molecular weight excluding hydrogens is 286 g/mol. The average molecular weight is 297 g/mol. The number of carbonyl (C=O) groups excluding carboxylic acids is 1. The van der Waals surface area contributed by atoms with Gasteiger partial charge in [0.2, 0.25) is 0 Å². The molecule has 0 radical (unpaired) electrons. The molecule has 0 aliphatic carbocycles. The van der Waals surface area contributed by atoms with Gasteiger partial charge in [0, 0.05) is 12.2 Å². The predicted octanol–water partition coefficient (Wildman–Crippen LogP) is 1.93. The van der Waals surface area contributed by atoms with Crippen LogP contribution >= 0.6 is 11.3 Å². The normalized spacial score (nSPS) is 13.4. The monoisotopic (exact) mass is 297 g/mol. The summed E-state index contributed by atoms with van der Waals surface area (Å²) in [5.74, 6) is 0.000417. The SMILES string of the molecule is O=C(c1sccc1-n1cnnn1)N1CCc2ccccc21. The molecule has 1 aliphatic heterocycles. The molecule has 0 saturated carbocycles. The van der Waals surface area contributed by atoms with E-state index in [0.717, 1.165) is 17.8 Å². The summed E-state index contributed by atoms with van der Waals surface area (Å²) < 4.78 is 1.52. The number of benzene rings is 1. The number of hydrogen-bond acceptors (Lipinski definition) is 5. The van der Waals surface area contributed by atoms with Crippen molar-refractivity contribution in [3.8, 4) is 5.69 Å². The number of anilines is 1. The van der Waals surface area contributed by atoms with Crippen LogP contribution < -0.4 is 4.90 Å². The summed E-state index contributed by atoms with van der Waals surface area (Å²) in [4.78, 5) is 15.3. The van der Waals surface area contributed by atoms with Crippen molar-refractivity contribution >= 4 is 22.9 Å². The van der Waals surface area contributed by atoms with E-state index in [0.29, 0.717) is 11.4 Å². The van der Waals surface area contributed by atoms with Crippen LogP contribution in [0.5, 0.6) is 0 Å². The van der Waals surface area contributed by atoms with Crippen molar-refractivity contribution < 1.29 is 4.79 Å². The lowest BCUT2D eigenvalue weighted by molar-refractivity contribution is 0.0993. The number of tetrazole rings is 1. The summed E-state index contributed by atoms with van der Waals surface area (Å²) in [6.45, 7) is 0.713. The fourth-order valence-electron chi connectivity index (χ4n) is 2.59. The van der Waals surface area contributed by atoms with E-state index in [2.05, 4.69) is 21.6 Å². The third-order valence-corrected chi connectivity index (χ3v) is 4.46. The summed E-state index contributed by atoms with van der Waals surface area (Å²) in [6, 6.07) is 9.88. The van der Waals surface area contributed by atoms with Crippen molar-refractivity contribution in [1.29, 1.82) is 0 Å². The molecule has 1 aromatic carbocycles. The van der Waals surface area contributed by atoms with Crippen molar-refractivity contribution in [3.63, 3.8) is 0 Å². The fourth-order valence-corrected chi connectivity index (χ4v) is 3.41. The second-order valence-electron chi connectivity index (χ2n) is 4.72. The Morgan fingerprint density at radius 2 is 2.10 bits per heavy atom. The number of carbonyl (C=O) groups is 1. The van der Waals surface area contributed by atoms with Crippen LogP contribution in [-0.2, 0) is 6.42 Å². The maximum absolute atomic E-state index is 12.8. The first kappa shape index (κ1) is 12.2. The lowest BCUT2D eigenvalue weighted by Gasteiger charge is -2.17.